The van der Waals surface area contributed by atoms with E-state index in [-0.39, 0.29) is 23.2 Å². The van der Waals surface area contributed by atoms with Gasteiger partial charge in [-0.1, -0.05) is 13.8 Å². The maximum Gasteiger partial charge on any atom is 0.294 e. The standard InChI is InChI=1S/C15H18N4O3/c1-3-12(4-2)17-15(20)11-5-6-13(14(9-11)19(21)22)18-8-7-16-10-18/h5-10,12H,3-4H2,1-2H3,(H,17,20). The lowest BCUT2D eigenvalue weighted by molar-refractivity contribution is -0.384. The van der Waals surface area contributed by atoms with E-state index in [1.807, 2.05) is 13.8 Å². The molecule has 7 heteroatoms. The van der Waals surface area contributed by atoms with Crippen LogP contribution in [0.15, 0.2) is 36.9 Å². The number of benzene rings is 1. The number of hydrogen-bond acceptors (Lipinski definition) is 4. The van der Waals surface area contributed by atoms with Crippen molar-refractivity contribution in [2.75, 3.05) is 0 Å². The molecule has 0 aliphatic carbocycles. The van der Waals surface area contributed by atoms with E-state index in [1.165, 1.54) is 18.6 Å². The zero-order valence-electron chi connectivity index (χ0n) is 12.5. The lowest BCUT2D eigenvalue weighted by Gasteiger charge is -2.15. The normalized spacial score (nSPS) is 10.7. The van der Waals surface area contributed by atoms with Crippen molar-refractivity contribution >= 4 is 11.6 Å². The summed E-state index contributed by atoms with van der Waals surface area (Å²) in [7, 11) is 0. The van der Waals surface area contributed by atoms with E-state index in [0.29, 0.717) is 5.69 Å². The van der Waals surface area contributed by atoms with E-state index in [2.05, 4.69) is 10.3 Å². The van der Waals surface area contributed by atoms with Gasteiger partial charge in [-0.3, -0.25) is 14.9 Å². The molecule has 0 aliphatic rings. The van der Waals surface area contributed by atoms with Gasteiger partial charge in [0.2, 0.25) is 0 Å². The van der Waals surface area contributed by atoms with Crippen molar-refractivity contribution in [3.8, 4) is 5.69 Å². The molecule has 2 rings (SSSR count). The minimum Gasteiger partial charge on any atom is -0.349 e. The average Bonchev–Trinajstić information content (AvgIpc) is 3.05. The predicted octanol–water partition coefficient (Wildman–Crippen LogP) is 2.70. The summed E-state index contributed by atoms with van der Waals surface area (Å²) >= 11 is 0. The van der Waals surface area contributed by atoms with Gasteiger partial charge < -0.3 is 9.88 Å². The number of carbonyl (C=O) groups is 1. The van der Waals surface area contributed by atoms with Crippen molar-refractivity contribution in [2.24, 2.45) is 0 Å². The van der Waals surface area contributed by atoms with Gasteiger partial charge in [0.1, 0.15) is 5.69 Å². The molecule has 1 amide bonds. The Bertz CT molecular complexity index is 663. The Labute approximate surface area is 128 Å². The molecule has 0 spiro atoms. The summed E-state index contributed by atoms with van der Waals surface area (Å²) in [6.45, 7) is 3.97. The van der Waals surface area contributed by atoms with E-state index in [1.54, 1.807) is 22.9 Å². The van der Waals surface area contributed by atoms with Gasteiger partial charge >= 0.3 is 0 Å². The van der Waals surface area contributed by atoms with Crippen molar-refractivity contribution in [1.29, 1.82) is 0 Å². The number of imidazole rings is 1. The molecular weight excluding hydrogens is 284 g/mol. The van der Waals surface area contributed by atoms with Crippen molar-refractivity contribution in [3.63, 3.8) is 0 Å². The molecule has 0 aliphatic heterocycles. The van der Waals surface area contributed by atoms with Gasteiger partial charge in [-0.15, -0.1) is 0 Å². The Morgan fingerprint density at radius 2 is 2.14 bits per heavy atom. The second kappa shape index (κ2) is 6.84. The number of rotatable bonds is 6. The zero-order valence-corrected chi connectivity index (χ0v) is 12.5. The van der Waals surface area contributed by atoms with Gasteiger partial charge in [-0.2, -0.15) is 0 Å². The Hall–Kier alpha value is -2.70. The topological polar surface area (TPSA) is 90.1 Å². The van der Waals surface area contributed by atoms with Crippen LogP contribution in [0.5, 0.6) is 0 Å². The molecule has 0 bridgehead atoms. The molecule has 1 aromatic carbocycles. The molecule has 0 radical (unpaired) electrons. The van der Waals surface area contributed by atoms with Crippen LogP contribution in [-0.4, -0.2) is 26.4 Å². The summed E-state index contributed by atoms with van der Waals surface area (Å²) in [5, 5.41) is 14.1. The van der Waals surface area contributed by atoms with Crippen LogP contribution in [0.1, 0.15) is 37.0 Å². The lowest BCUT2D eigenvalue weighted by Crippen LogP contribution is -2.33. The third-order valence-corrected chi connectivity index (χ3v) is 3.54. The van der Waals surface area contributed by atoms with Crippen molar-refractivity contribution in [3.05, 3.63) is 52.6 Å². The lowest BCUT2D eigenvalue weighted by atomic mass is 10.1. The zero-order chi connectivity index (χ0) is 16.1. The van der Waals surface area contributed by atoms with E-state index in [9.17, 15) is 14.9 Å². The Morgan fingerprint density at radius 1 is 1.41 bits per heavy atom. The first-order chi connectivity index (χ1) is 10.6. The van der Waals surface area contributed by atoms with Crippen LogP contribution in [0.4, 0.5) is 5.69 Å². The molecule has 1 aromatic heterocycles. The van der Waals surface area contributed by atoms with Crippen LogP contribution in [0.2, 0.25) is 0 Å². The Morgan fingerprint density at radius 3 is 2.68 bits per heavy atom. The summed E-state index contributed by atoms with van der Waals surface area (Å²) < 4.78 is 1.54. The number of nitrogens with zero attached hydrogens (tertiary/aromatic N) is 3. The maximum atomic E-state index is 12.2. The Kier molecular flexibility index (Phi) is 4.88. The number of hydrogen-bond donors (Lipinski definition) is 1. The van der Waals surface area contributed by atoms with Gasteiger partial charge in [-0.25, -0.2) is 4.98 Å². The molecule has 116 valence electrons. The fourth-order valence-electron chi connectivity index (χ4n) is 2.19. The molecule has 0 saturated heterocycles. The molecule has 0 fully saturated rings. The second-order valence-corrected chi connectivity index (χ2v) is 4.92. The number of aromatic nitrogens is 2. The van der Waals surface area contributed by atoms with Crippen LogP contribution in [0, 0.1) is 10.1 Å². The molecule has 1 heterocycles. The number of nitro groups is 1. The summed E-state index contributed by atoms with van der Waals surface area (Å²) in [6, 6.07) is 4.51. The van der Waals surface area contributed by atoms with E-state index >= 15 is 0 Å². The SMILES string of the molecule is CCC(CC)NC(=O)c1ccc(-n2ccnc2)c([N+](=O)[O-])c1. The fraction of sp³-hybridized carbons (Fsp3) is 0.333. The van der Waals surface area contributed by atoms with Crippen molar-refractivity contribution < 1.29 is 9.72 Å². The van der Waals surface area contributed by atoms with Crippen molar-refractivity contribution in [2.45, 2.75) is 32.7 Å². The summed E-state index contributed by atoms with van der Waals surface area (Å²) in [5.41, 5.74) is 0.527. The van der Waals surface area contributed by atoms with E-state index in [4.69, 9.17) is 0 Å². The van der Waals surface area contributed by atoms with Gasteiger partial charge in [-0.05, 0) is 25.0 Å². The third-order valence-electron chi connectivity index (χ3n) is 3.54. The minimum absolute atomic E-state index is 0.0693. The highest BCUT2D eigenvalue weighted by molar-refractivity contribution is 5.95. The summed E-state index contributed by atoms with van der Waals surface area (Å²) in [4.78, 5) is 26.8. The molecule has 1 N–H and O–H groups in total. The quantitative estimate of drug-likeness (QED) is 0.656. The molecule has 0 saturated carbocycles. The van der Waals surface area contributed by atoms with Crippen molar-refractivity contribution in [1.82, 2.24) is 14.9 Å². The Balaban J connectivity index is 2.34. The van der Waals surface area contributed by atoms with Gasteiger partial charge in [0.15, 0.2) is 0 Å². The minimum atomic E-state index is -0.497. The number of nitrogens with one attached hydrogen (secondary N) is 1. The van der Waals surface area contributed by atoms with Crippen LogP contribution in [0.3, 0.4) is 0 Å². The summed E-state index contributed by atoms with van der Waals surface area (Å²) in [6.07, 6.45) is 6.27. The third kappa shape index (κ3) is 3.30. The second-order valence-electron chi connectivity index (χ2n) is 4.92. The van der Waals surface area contributed by atoms with Crippen LogP contribution < -0.4 is 5.32 Å². The fourth-order valence-corrected chi connectivity index (χ4v) is 2.19. The van der Waals surface area contributed by atoms with Gasteiger partial charge in [0.05, 0.1) is 11.3 Å². The van der Waals surface area contributed by atoms with Crippen LogP contribution in [0.25, 0.3) is 5.69 Å². The molecule has 0 atom stereocenters. The first-order valence-corrected chi connectivity index (χ1v) is 7.14. The number of nitro benzene ring substituents is 1. The van der Waals surface area contributed by atoms with Gasteiger partial charge in [0.25, 0.3) is 11.6 Å². The summed E-state index contributed by atoms with van der Waals surface area (Å²) in [5.74, 6) is -0.297. The van der Waals surface area contributed by atoms with Crippen LogP contribution >= 0.6 is 0 Å². The molecular formula is C15H18N4O3. The highest BCUT2D eigenvalue weighted by Gasteiger charge is 2.19. The molecule has 2 aromatic rings. The average molecular weight is 302 g/mol. The predicted molar refractivity (Wildman–Crippen MR) is 82.1 cm³/mol. The number of amides is 1. The van der Waals surface area contributed by atoms with Crippen LogP contribution in [-0.2, 0) is 0 Å². The van der Waals surface area contributed by atoms with E-state index in [0.717, 1.165) is 12.8 Å². The first-order valence-electron chi connectivity index (χ1n) is 7.14. The number of carbonyl (C=O) groups excluding carboxylic acids is 1. The molecule has 0 unspecified atom stereocenters. The maximum absolute atomic E-state index is 12.2. The first kappa shape index (κ1) is 15.7. The molecule has 22 heavy (non-hydrogen) atoms. The van der Waals surface area contributed by atoms with E-state index < -0.39 is 4.92 Å². The largest absolute Gasteiger partial charge is 0.349 e. The highest BCUT2D eigenvalue weighted by atomic mass is 16.6. The monoisotopic (exact) mass is 302 g/mol. The molecule has 7 nitrogen and oxygen atoms in total. The smallest absolute Gasteiger partial charge is 0.294 e. The van der Waals surface area contributed by atoms with Gasteiger partial charge in [0, 0.05) is 30.1 Å². The highest BCUT2D eigenvalue weighted by Crippen LogP contribution is 2.24.